The lowest BCUT2D eigenvalue weighted by Gasteiger charge is -2.16. The van der Waals surface area contributed by atoms with Gasteiger partial charge in [-0.2, -0.15) is 0 Å². The molecule has 0 aliphatic carbocycles. The lowest BCUT2D eigenvalue weighted by molar-refractivity contribution is -0.0914. The van der Waals surface area contributed by atoms with E-state index in [1.807, 2.05) is 32.0 Å². The van der Waals surface area contributed by atoms with Crippen molar-refractivity contribution in [3.63, 3.8) is 0 Å². The number of nitrogens with one attached hydrogen (secondary N) is 2. The van der Waals surface area contributed by atoms with Crippen molar-refractivity contribution < 1.29 is 14.3 Å². The number of ether oxygens (including phenoxy) is 2. The maximum absolute atomic E-state index is 11.8. The fraction of sp³-hybridized carbons (Fsp3) is 0.500. The average Bonchev–Trinajstić information content (AvgIpc) is 2.42. The van der Waals surface area contributed by atoms with Crippen LogP contribution in [-0.2, 0) is 9.47 Å². The van der Waals surface area contributed by atoms with Gasteiger partial charge in [0.2, 0.25) is 0 Å². The van der Waals surface area contributed by atoms with Gasteiger partial charge in [-0.15, -0.1) is 0 Å². The fourth-order valence-corrected chi connectivity index (χ4v) is 1.67. The van der Waals surface area contributed by atoms with Gasteiger partial charge < -0.3 is 20.1 Å². The lowest BCUT2D eigenvalue weighted by Crippen LogP contribution is -2.25. The molecule has 0 radical (unpaired) electrons. The molecule has 0 bridgehead atoms. The average molecular weight is 266 g/mol. The Labute approximate surface area is 114 Å². The van der Waals surface area contributed by atoms with E-state index in [9.17, 15) is 4.79 Å². The van der Waals surface area contributed by atoms with E-state index >= 15 is 0 Å². The first kappa shape index (κ1) is 15.5. The number of anilines is 1. The summed E-state index contributed by atoms with van der Waals surface area (Å²) in [5, 5.41) is 6.00. The van der Waals surface area contributed by atoms with Gasteiger partial charge in [0.25, 0.3) is 5.91 Å². The third-order valence-corrected chi connectivity index (χ3v) is 2.82. The Kier molecular flexibility index (Phi) is 6.32. The molecule has 0 aliphatic heterocycles. The molecule has 5 heteroatoms. The van der Waals surface area contributed by atoms with Crippen LogP contribution in [0.25, 0.3) is 0 Å². The van der Waals surface area contributed by atoms with Gasteiger partial charge in [-0.05, 0) is 31.5 Å². The number of aryl methyl sites for hydroxylation is 1. The van der Waals surface area contributed by atoms with Crippen LogP contribution in [0.5, 0.6) is 0 Å². The quantitative estimate of drug-likeness (QED) is 0.739. The van der Waals surface area contributed by atoms with Crippen molar-refractivity contribution in [3.05, 3.63) is 29.3 Å². The van der Waals surface area contributed by atoms with E-state index in [2.05, 4.69) is 10.6 Å². The van der Waals surface area contributed by atoms with Gasteiger partial charge in [0.05, 0.1) is 6.54 Å². The lowest BCUT2D eigenvalue weighted by atomic mass is 10.1. The molecule has 1 aromatic carbocycles. The van der Waals surface area contributed by atoms with Gasteiger partial charge in [-0.3, -0.25) is 4.79 Å². The second-order valence-corrected chi connectivity index (χ2v) is 4.17. The predicted octanol–water partition coefficient (Wildman–Crippen LogP) is 1.78. The molecule has 5 nitrogen and oxygen atoms in total. The molecule has 0 saturated carbocycles. The summed E-state index contributed by atoms with van der Waals surface area (Å²) in [7, 11) is 3.18. The van der Waals surface area contributed by atoms with Crippen LogP contribution in [-0.4, -0.2) is 39.5 Å². The van der Waals surface area contributed by atoms with Gasteiger partial charge >= 0.3 is 0 Å². The Morgan fingerprint density at radius 2 is 2.00 bits per heavy atom. The largest absolute Gasteiger partial charge is 0.380 e. The zero-order valence-corrected chi connectivity index (χ0v) is 11.9. The van der Waals surface area contributed by atoms with Crippen LogP contribution in [0.15, 0.2) is 18.2 Å². The molecule has 0 saturated heterocycles. The minimum Gasteiger partial charge on any atom is -0.380 e. The Bertz CT molecular complexity index is 417. The van der Waals surface area contributed by atoms with E-state index in [1.54, 1.807) is 14.2 Å². The number of amides is 1. The molecule has 0 atom stereocenters. The van der Waals surface area contributed by atoms with Crippen LogP contribution in [0.3, 0.4) is 0 Å². The van der Waals surface area contributed by atoms with Gasteiger partial charge in [-0.1, -0.05) is 6.07 Å². The molecule has 2 N–H and O–H groups in total. The van der Waals surface area contributed by atoms with Crippen LogP contribution in [0, 0.1) is 6.92 Å². The molecular formula is C14H22N2O3. The van der Waals surface area contributed by atoms with Crippen molar-refractivity contribution in [2.75, 3.05) is 32.6 Å². The smallest absolute Gasteiger partial charge is 0.251 e. The second kappa shape index (κ2) is 7.76. The van der Waals surface area contributed by atoms with E-state index in [-0.39, 0.29) is 12.2 Å². The minimum atomic E-state index is -0.312. The highest BCUT2D eigenvalue weighted by atomic mass is 16.7. The SMILES string of the molecule is CCNC(=O)c1ccc(C)c(NCC(OC)OC)c1. The Morgan fingerprint density at radius 3 is 2.58 bits per heavy atom. The van der Waals surface area contributed by atoms with E-state index in [0.717, 1.165) is 11.3 Å². The Morgan fingerprint density at radius 1 is 1.32 bits per heavy atom. The first-order valence-electron chi connectivity index (χ1n) is 6.30. The van der Waals surface area contributed by atoms with E-state index in [4.69, 9.17) is 9.47 Å². The van der Waals surface area contributed by atoms with Crippen molar-refractivity contribution in [2.24, 2.45) is 0 Å². The van der Waals surface area contributed by atoms with E-state index in [1.165, 1.54) is 0 Å². The summed E-state index contributed by atoms with van der Waals surface area (Å²) in [5.74, 6) is -0.0689. The van der Waals surface area contributed by atoms with Gasteiger partial charge in [-0.25, -0.2) is 0 Å². The predicted molar refractivity (Wildman–Crippen MR) is 75.5 cm³/mol. The minimum absolute atomic E-state index is 0.0689. The monoisotopic (exact) mass is 266 g/mol. The Balaban J connectivity index is 2.77. The number of carbonyl (C=O) groups is 1. The van der Waals surface area contributed by atoms with Crippen LogP contribution in [0.2, 0.25) is 0 Å². The van der Waals surface area contributed by atoms with Crippen molar-refractivity contribution >= 4 is 11.6 Å². The van der Waals surface area contributed by atoms with Crippen LogP contribution in [0.1, 0.15) is 22.8 Å². The molecule has 0 unspecified atom stereocenters. The standard InChI is InChI=1S/C14H22N2O3/c1-5-15-14(17)11-7-6-10(2)12(8-11)16-9-13(18-3)19-4/h6-8,13,16H,5,9H2,1-4H3,(H,15,17). The maximum atomic E-state index is 11.8. The third-order valence-electron chi connectivity index (χ3n) is 2.82. The van der Waals surface area contributed by atoms with Crippen LogP contribution < -0.4 is 10.6 Å². The maximum Gasteiger partial charge on any atom is 0.251 e. The first-order valence-corrected chi connectivity index (χ1v) is 6.30. The van der Waals surface area contributed by atoms with Gasteiger partial charge in [0.15, 0.2) is 6.29 Å². The van der Waals surface area contributed by atoms with Gasteiger partial charge in [0, 0.05) is 32.0 Å². The molecule has 0 fully saturated rings. The highest BCUT2D eigenvalue weighted by molar-refractivity contribution is 5.95. The molecule has 19 heavy (non-hydrogen) atoms. The number of rotatable bonds is 7. The van der Waals surface area contributed by atoms with E-state index < -0.39 is 0 Å². The summed E-state index contributed by atoms with van der Waals surface area (Å²) in [6.45, 7) is 5.02. The zero-order valence-electron chi connectivity index (χ0n) is 11.9. The molecular weight excluding hydrogens is 244 g/mol. The van der Waals surface area contributed by atoms with E-state index in [0.29, 0.717) is 18.7 Å². The molecule has 1 aromatic rings. The van der Waals surface area contributed by atoms with Gasteiger partial charge in [0.1, 0.15) is 0 Å². The Hall–Kier alpha value is -1.59. The molecule has 0 aliphatic rings. The van der Waals surface area contributed by atoms with Crippen molar-refractivity contribution in [1.29, 1.82) is 0 Å². The fourth-order valence-electron chi connectivity index (χ4n) is 1.67. The first-order chi connectivity index (χ1) is 9.12. The number of carbonyl (C=O) groups excluding carboxylic acids is 1. The van der Waals surface area contributed by atoms with Crippen molar-refractivity contribution in [1.82, 2.24) is 5.32 Å². The summed E-state index contributed by atoms with van der Waals surface area (Å²) in [6.07, 6.45) is -0.312. The van der Waals surface area contributed by atoms with Crippen molar-refractivity contribution in [2.45, 2.75) is 20.1 Å². The van der Waals surface area contributed by atoms with Crippen LogP contribution >= 0.6 is 0 Å². The number of hydrogen-bond donors (Lipinski definition) is 2. The number of benzene rings is 1. The molecule has 106 valence electrons. The third kappa shape index (κ3) is 4.54. The highest BCUT2D eigenvalue weighted by Gasteiger charge is 2.09. The number of methoxy groups -OCH3 is 2. The molecule has 1 amide bonds. The van der Waals surface area contributed by atoms with Crippen molar-refractivity contribution in [3.8, 4) is 0 Å². The molecule has 0 aromatic heterocycles. The molecule has 0 heterocycles. The summed E-state index contributed by atoms with van der Waals surface area (Å²) < 4.78 is 10.2. The highest BCUT2D eigenvalue weighted by Crippen LogP contribution is 2.17. The number of hydrogen-bond acceptors (Lipinski definition) is 4. The summed E-state index contributed by atoms with van der Waals surface area (Å²) in [5.41, 5.74) is 2.61. The topological polar surface area (TPSA) is 59.6 Å². The summed E-state index contributed by atoms with van der Waals surface area (Å²) in [6, 6.07) is 5.57. The summed E-state index contributed by atoms with van der Waals surface area (Å²) in [4.78, 5) is 11.8. The molecule has 1 rings (SSSR count). The van der Waals surface area contributed by atoms with Crippen LogP contribution in [0.4, 0.5) is 5.69 Å². The normalized spacial score (nSPS) is 10.6. The zero-order chi connectivity index (χ0) is 14.3. The summed E-state index contributed by atoms with van der Waals surface area (Å²) >= 11 is 0. The molecule has 0 spiro atoms. The second-order valence-electron chi connectivity index (χ2n) is 4.17.